The number of para-hydroxylation sites is 1. The van der Waals surface area contributed by atoms with Crippen molar-refractivity contribution >= 4 is 72.3 Å². The van der Waals surface area contributed by atoms with Gasteiger partial charge in [-0.3, -0.25) is 9.52 Å². The summed E-state index contributed by atoms with van der Waals surface area (Å²) in [6, 6.07) is 24.2. The summed E-state index contributed by atoms with van der Waals surface area (Å²) in [5.74, 6) is -0.451. The Morgan fingerprint density at radius 2 is 1.53 bits per heavy atom. The van der Waals surface area contributed by atoms with Crippen LogP contribution >= 0.6 is 23.2 Å². The van der Waals surface area contributed by atoms with E-state index < -0.39 is 15.9 Å². The molecule has 0 saturated heterocycles. The van der Waals surface area contributed by atoms with Crippen LogP contribution in [-0.4, -0.2) is 18.9 Å². The zero-order valence-corrected chi connectivity index (χ0v) is 21.5. The lowest BCUT2D eigenvalue weighted by molar-refractivity contribution is 0.102. The molecule has 0 aliphatic rings. The Morgan fingerprint density at radius 1 is 0.833 bits per heavy atom. The van der Waals surface area contributed by atoms with Crippen molar-refractivity contribution in [1.82, 2.24) is 4.57 Å². The highest BCUT2D eigenvalue weighted by Crippen LogP contribution is 2.31. The van der Waals surface area contributed by atoms with E-state index in [4.69, 9.17) is 23.2 Å². The van der Waals surface area contributed by atoms with E-state index in [9.17, 15) is 13.2 Å². The monoisotopic (exact) mass is 537 g/mol. The number of sulfonamides is 1. The van der Waals surface area contributed by atoms with Crippen molar-refractivity contribution in [3.63, 3.8) is 0 Å². The number of benzene rings is 4. The first-order chi connectivity index (χ1) is 17.3. The Balaban J connectivity index is 1.45. The Labute approximate surface area is 218 Å². The zero-order chi connectivity index (χ0) is 25.4. The molecule has 5 aromatic rings. The smallest absolute Gasteiger partial charge is 0.263 e. The highest BCUT2D eigenvalue weighted by Gasteiger charge is 2.21. The largest absolute Gasteiger partial charge is 0.341 e. The average molecular weight is 538 g/mol. The van der Waals surface area contributed by atoms with Crippen molar-refractivity contribution in [1.29, 1.82) is 0 Å². The Bertz CT molecular complexity index is 1730. The minimum Gasteiger partial charge on any atom is -0.341 e. The Kier molecular flexibility index (Phi) is 6.38. The van der Waals surface area contributed by atoms with Gasteiger partial charge in [-0.1, -0.05) is 41.4 Å². The van der Waals surface area contributed by atoms with Crippen molar-refractivity contribution in [3.05, 3.63) is 101 Å². The molecule has 0 spiro atoms. The van der Waals surface area contributed by atoms with Crippen LogP contribution in [0.1, 0.15) is 17.3 Å². The van der Waals surface area contributed by atoms with E-state index in [2.05, 4.69) is 33.7 Å². The first-order valence-electron chi connectivity index (χ1n) is 11.2. The number of aromatic nitrogens is 1. The molecule has 0 unspecified atom stereocenters. The Morgan fingerprint density at radius 3 is 2.28 bits per heavy atom. The summed E-state index contributed by atoms with van der Waals surface area (Å²) in [6.07, 6.45) is 0. The molecule has 2 N–H and O–H groups in total. The maximum Gasteiger partial charge on any atom is 0.263 e. The third-order valence-electron chi connectivity index (χ3n) is 5.93. The number of hydrogen-bond donors (Lipinski definition) is 2. The lowest BCUT2D eigenvalue weighted by atomic mass is 10.1. The first-order valence-corrected chi connectivity index (χ1v) is 13.4. The average Bonchev–Trinajstić information content (AvgIpc) is 3.18. The van der Waals surface area contributed by atoms with Crippen LogP contribution in [-0.2, 0) is 16.6 Å². The van der Waals surface area contributed by atoms with Gasteiger partial charge in [0.1, 0.15) is 4.90 Å². The molecule has 5 rings (SSSR count). The molecule has 0 bridgehead atoms. The third kappa shape index (κ3) is 4.53. The lowest BCUT2D eigenvalue weighted by Gasteiger charge is -2.12. The van der Waals surface area contributed by atoms with Gasteiger partial charge in [-0.2, -0.15) is 0 Å². The predicted octanol–water partition coefficient (Wildman–Crippen LogP) is 7.17. The number of aryl methyl sites for hydroxylation is 1. The van der Waals surface area contributed by atoms with Gasteiger partial charge in [-0.05, 0) is 73.7 Å². The van der Waals surface area contributed by atoms with Gasteiger partial charge < -0.3 is 9.88 Å². The van der Waals surface area contributed by atoms with Gasteiger partial charge in [0.2, 0.25) is 0 Å². The van der Waals surface area contributed by atoms with E-state index in [0.717, 1.165) is 28.4 Å². The molecule has 0 atom stereocenters. The van der Waals surface area contributed by atoms with E-state index in [-0.39, 0.29) is 15.5 Å². The highest BCUT2D eigenvalue weighted by atomic mass is 35.5. The second-order valence-corrected chi connectivity index (χ2v) is 10.7. The predicted molar refractivity (Wildman–Crippen MR) is 147 cm³/mol. The molecular formula is C27H21Cl2N3O3S. The molecule has 0 saturated carbocycles. The van der Waals surface area contributed by atoms with Crippen molar-refractivity contribution < 1.29 is 13.2 Å². The van der Waals surface area contributed by atoms with Crippen LogP contribution in [0.4, 0.5) is 11.4 Å². The van der Waals surface area contributed by atoms with Crippen LogP contribution in [0.2, 0.25) is 10.0 Å². The lowest BCUT2D eigenvalue weighted by Crippen LogP contribution is -2.16. The molecule has 1 aromatic heterocycles. The molecular weight excluding hydrogens is 517 g/mol. The first kappa shape index (κ1) is 24.2. The van der Waals surface area contributed by atoms with Gasteiger partial charge in [0.25, 0.3) is 15.9 Å². The number of nitrogens with one attached hydrogen (secondary N) is 2. The summed E-state index contributed by atoms with van der Waals surface area (Å²) in [6.45, 7) is 2.91. The van der Waals surface area contributed by atoms with Crippen LogP contribution < -0.4 is 10.0 Å². The highest BCUT2D eigenvalue weighted by molar-refractivity contribution is 7.92. The van der Waals surface area contributed by atoms with Crippen molar-refractivity contribution in [2.75, 3.05) is 10.0 Å². The SMILES string of the molecule is CCn1c2ccccc2c2cc(NC(=O)c3ccc(Cl)c(S(=O)(=O)Nc4ccc(Cl)cc4)c3)ccc21. The van der Waals surface area contributed by atoms with Gasteiger partial charge in [-0.25, -0.2) is 8.42 Å². The molecule has 36 heavy (non-hydrogen) atoms. The zero-order valence-electron chi connectivity index (χ0n) is 19.1. The number of fused-ring (bicyclic) bond motifs is 3. The normalized spacial score (nSPS) is 11.6. The van der Waals surface area contributed by atoms with E-state index in [1.165, 1.54) is 30.3 Å². The molecule has 1 heterocycles. The minimum absolute atomic E-state index is 0.00167. The topological polar surface area (TPSA) is 80.2 Å². The van der Waals surface area contributed by atoms with Gasteiger partial charge in [0.15, 0.2) is 0 Å². The number of anilines is 2. The molecule has 0 radical (unpaired) electrons. The number of carbonyl (C=O) groups excluding carboxylic acids is 1. The Hall–Kier alpha value is -3.52. The fourth-order valence-electron chi connectivity index (χ4n) is 4.25. The van der Waals surface area contributed by atoms with Crippen LogP contribution in [0.3, 0.4) is 0 Å². The van der Waals surface area contributed by atoms with Crippen LogP contribution in [0.5, 0.6) is 0 Å². The van der Waals surface area contributed by atoms with Gasteiger partial charge in [0, 0.05) is 50.3 Å². The maximum absolute atomic E-state index is 13.1. The summed E-state index contributed by atoms with van der Waals surface area (Å²) >= 11 is 12.1. The standard InChI is InChI=1S/C27H21Cl2N3O3S/c1-2-32-24-6-4-3-5-21(24)22-16-20(12-14-25(22)32)30-27(33)17-7-13-23(29)26(15-17)36(34,35)31-19-10-8-18(28)9-11-19/h3-16,31H,2H2,1H3,(H,30,33). The molecule has 0 aliphatic carbocycles. The minimum atomic E-state index is -4.05. The second-order valence-electron chi connectivity index (χ2n) is 8.21. The molecule has 9 heteroatoms. The van der Waals surface area contributed by atoms with Gasteiger partial charge in [-0.15, -0.1) is 0 Å². The van der Waals surface area contributed by atoms with E-state index in [1.807, 2.05) is 30.3 Å². The fraction of sp³-hybridized carbons (Fsp3) is 0.0741. The van der Waals surface area contributed by atoms with Crippen molar-refractivity contribution in [3.8, 4) is 0 Å². The van der Waals surface area contributed by atoms with Gasteiger partial charge >= 0.3 is 0 Å². The van der Waals surface area contributed by atoms with Gasteiger partial charge in [0.05, 0.1) is 5.02 Å². The fourth-order valence-corrected chi connectivity index (χ4v) is 5.97. The third-order valence-corrected chi connectivity index (χ3v) is 8.04. The van der Waals surface area contributed by atoms with Crippen molar-refractivity contribution in [2.24, 2.45) is 0 Å². The molecule has 0 fully saturated rings. The molecule has 6 nitrogen and oxygen atoms in total. The number of hydrogen-bond acceptors (Lipinski definition) is 3. The summed E-state index contributed by atoms with van der Waals surface area (Å²) < 4.78 is 30.6. The van der Waals surface area contributed by atoms with Crippen LogP contribution in [0, 0.1) is 0 Å². The van der Waals surface area contributed by atoms with Crippen molar-refractivity contribution in [2.45, 2.75) is 18.4 Å². The number of carbonyl (C=O) groups is 1. The number of nitrogens with zero attached hydrogens (tertiary/aromatic N) is 1. The summed E-state index contributed by atoms with van der Waals surface area (Å²) in [4.78, 5) is 12.9. The van der Waals surface area contributed by atoms with E-state index in [0.29, 0.717) is 16.4 Å². The maximum atomic E-state index is 13.1. The van der Waals surface area contributed by atoms with E-state index in [1.54, 1.807) is 12.1 Å². The second kappa shape index (κ2) is 9.50. The number of rotatable bonds is 6. The quantitative estimate of drug-likeness (QED) is 0.241. The van der Waals surface area contributed by atoms with Crippen LogP contribution in [0.15, 0.2) is 89.8 Å². The number of amides is 1. The summed E-state index contributed by atoms with van der Waals surface area (Å²) in [7, 11) is -4.05. The molecule has 0 aliphatic heterocycles. The molecule has 182 valence electrons. The number of halogens is 2. The van der Waals surface area contributed by atoms with Crippen LogP contribution in [0.25, 0.3) is 21.8 Å². The molecule has 4 aromatic carbocycles. The summed E-state index contributed by atoms with van der Waals surface area (Å²) in [5.41, 5.74) is 3.28. The summed E-state index contributed by atoms with van der Waals surface area (Å²) in [5, 5.41) is 5.48. The molecule has 1 amide bonds. The van der Waals surface area contributed by atoms with E-state index >= 15 is 0 Å².